The topological polar surface area (TPSA) is 37.8 Å². The highest BCUT2D eigenvalue weighted by molar-refractivity contribution is 7.98. The largest absolute Gasteiger partial charge is 0.370 e. The zero-order valence-corrected chi connectivity index (χ0v) is 12.3. The van der Waals surface area contributed by atoms with Crippen LogP contribution in [0.25, 0.3) is 0 Å². The average molecular weight is 253 g/mol. The normalized spacial score (nSPS) is 12.8. The molecule has 0 spiro atoms. The molecule has 1 aromatic heterocycles. The van der Waals surface area contributed by atoms with Gasteiger partial charge in [-0.3, -0.25) is 0 Å². The first-order valence-electron chi connectivity index (χ1n) is 6.11. The molecule has 96 valence electrons. The van der Waals surface area contributed by atoms with E-state index < -0.39 is 0 Å². The van der Waals surface area contributed by atoms with Gasteiger partial charge in [0.15, 0.2) is 0 Å². The molecule has 17 heavy (non-hydrogen) atoms. The van der Waals surface area contributed by atoms with E-state index in [1.54, 1.807) is 0 Å². The maximum Gasteiger partial charge on any atom is 0.133 e. The van der Waals surface area contributed by atoms with Gasteiger partial charge in [0.1, 0.15) is 11.6 Å². The summed E-state index contributed by atoms with van der Waals surface area (Å²) in [4.78, 5) is 8.98. The predicted molar refractivity (Wildman–Crippen MR) is 76.9 cm³/mol. The molecule has 1 aromatic rings. The number of nitrogens with one attached hydrogen (secondary N) is 1. The Morgan fingerprint density at radius 1 is 1.29 bits per heavy atom. The molecular weight excluding hydrogens is 230 g/mol. The van der Waals surface area contributed by atoms with Gasteiger partial charge in [0, 0.05) is 24.2 Å². The molecule has 0 saturated carbocycles. The summed E-state index contributed by atoms with van der Waals surface area (Å²) in [6, 6.07) is 2.01. The highest BCUT2D eigenvalue weighted by Gasteiger charge is 2.07. The number of hydrogen-bond donors (Lipinski definition) is 1. The molecule has 0 fully saturated rings. The van der Waals surface area contributed by atoms with Crippen LogP contribution < -0.4 is 5.32 Å². The molecule has 3 nitrogen and oxygen atoms in total. The van der Waals surface area contributed by atoms with Crippen LogP contribution in [0.4, 0.5) is 5.82 Å². The molecule has 1 atom stereocenters. The summed E-state index contributed by atoms with van der Waals surface area (Å²) in [5, 5.41) is 3.40. The van der Waals surface area contributed by atoms with E-state index in [9.17, 15) is 0 Å². The highest BCUT2D eigenvalue weighted by atomic mass is 32.2. The van der Waals surface area contributed by atoms with Crippen molar-refractivity contribution >= 4 is 17.6 Å². The van der Waals surface area contributed by atoms with Crippen molar-refractivity contribution in [2.24, 2.45) is 5.92 Å². The third kappa shape index (κ3) is 4.94. The van der Waals surface area contributed by atoms with Gasteiger partial charge in [0.05, 0.1) is 0 Å². The van der Waals surface area contributed by atoms with Gasteiger partial charge in [-0.2, -0.15) is 11.8 Å². The zero-order chi connectivity index (χ0) is 12.8. The summed E-state index contributed by atoms with van der Waals surface area (Å²) < 4.78 is 0. The van der Waals surface area contributed by atoms with Gasteiger partial charge in [0.2, 0.25) is 0 Å². The standard InChI is InChI=1S/C13H23N3S/c1-9(2)13-15-11(4)6-12(16-13)14-7-10(3)8-17-5/h6,9-10H,7-8H2,1-5H3,(H,14,15,16). The molecule has 1 rings (SSSR count). The van der Waals surface area contributed by atoms with Crippen LogP contribution >= 0.6 is 11.8 Å². The number of aromatic nitrogens is 2. The molecule has 0 aliphatic rings. The quantitative estimate of drug-likeness (QED) is 0.844. The number of nitrogens with zero attached hydrogens (tertiary/aromatic N) is 2. The maximum absolute atomic E-state index is 4.54. The third-order valence-electron chi connectivity index (χ3n) is 2.47. The van der Waals surface area contributed by atoms with E-state index in [2.05, 4.69) is 42.3 Å². The number of hydrogen-bond acceptors (Lipinski definition) is 4. The van der Waals surface area contributed by atoms with Crippen LogP contribution in [-0.4, -0.2) is 28.5 Å². The molecule has 1 N–H and O–H groups in total. The molecule has 4 heteroatoms. The molecule has 0 aromatic carbocycles. The molecule has 0 aliphatic carbocycles. The summed E-state index contributed by atoms with van der Waals surface area (Å²) in [6.07, 6.45) is 2.14. The van der Waals surface area contributed by atoms with E-state index in [-0.39, 0.29) is 0 Å². The predicted octanol–water partition coefficient (Wildman–Crippen LogP) is 3.32. The number of thioether (sulfide) groups is 1. The maximum atomic E-state index is 4.54. The molecule has 0 radical (unpaired) electrons. The summed E-state index contributed by atoms with van der Waals surface area (Å²) in [5.74, 6) is 4.08. The van der Waals surface area contributed by atoms with Crippen LogP contribution in [0.15, 0.2) is 6.07 Å². The minimum absolute atomic E-state index is 0.374. The smallest absolute Gasteiger partial charge is 0.133 e. The first-order chi connectivity index (χ1) is 8.02. The Morgan fingerprint density at radius 3 is 2.59 bits per heavy atom. The first kappa shape index (κ1) is 14.3. The van der Waals surface area contributed by atoms with Crippen molar-refractivity contribution in [3.8, 4) is 0 Å². The van der Waals surface area contributed by atoms with Crippen molar-refractivity contribution in [1.82, 2.24) is 9.97 Å². The van der Waals surface area contributed by atoms with E-state index in [4.69, 9.17) is 0 Å². The Hall–Kier alpha value is -0.770. The number of rotatable bonds is 6. The fraction of sp³-hybridized carbons (Fsp3) is 0.692. The van der Waals surface area contributed by atoms with Gasteiger partial charge in [-0.25, -0.2) is 9.97 Å². The van der Waals surface area contributed by atoms with Gasteiger partial charge in [0.25, 0.3) is 0 Å². The lowest BCUT2D eigenvalue weighted by atomic mass is 10.2. The van der Waals surface area contributed by atoms with Crippen molar-refractivity contribution in [3.05, 3.63) is 17.6 Å². The van der Waals surface area contributed by atoms with Gasteiger partial charge >= 0.3 is 0 Å². The van der Waals surface area contributed by atoms with E-state index in [1.807, 2.05) is 24.8 Å². The monoisotopic (exact) mass is 253 g/mol. The van der Waals surface area contributed by atoms with Gasteiger partial charge in [-0.1, -0.05) is 20.8 Å². The Morgan fingerprint density at radius 2 is 2.00 bits per heavy atom. The van der Waals surface area contributed by atoms with Gasteiger partial charge in [-0.15, -0.1) is 0 Å². The van der Waals surface area contributed by atoms with E-state index in [1.165, 1.54) is 5.75 Å². The van der Waals surface area contributed by atoms with Crippen molar-refractivity contribution < 1.29 is 0 Å². The molecule has 1 heterocycles. The Bertz CT molecular complexity index is 353. The minimum Gasteiger partial charge on any atom is -0.370 e. The Kier molecular flexibility index (Phi) is 5.75. The fourth-order valence-electron chi connectivity index (χ4n) is 1.56. The van der Waals surface area contributed by atoms with Crippen molar-refractivity contribution in [2.75, 3.05) is 23.9 Å². The highest BCUT2D eigenvalue weighted by Crippen LogP contribution is 2.14. The average Bonchev–Trinajstić information content (AvgIpc) is 2.26. The van der Waals surface area contributed by atoms with Crippen LogP contribution in [-0.2, 0) is 0 Å². The fourth-order valence-corrected chi connectivity index (χ4v) is 2.25. The second-order valence-electron chi connectivity index (χ2n) is 4.85. The second kappa shape index (κ2) is 6.84. The number of aryl methyl sites for hydroxylation is 1. The van der Waals surface area contributed by atoms with Crippen molar-refractivity contribution in [1.29, 1.82) is 0 Å². The lowest BCUT2D eigenvalue weighted by molar-refractivity contribution is 0.695. The molecule has 0 amide bonds. The molecular formula is C13H23N3S. The lowest BCUT2D eigenvalue weighted by Crippen LogP contribution is -2.15. The van der Waals surface area contributed by atoms with E-state index in [0.717, 1.165) is 23.9 Å². The van der Waals surface area contributed by atoms with Crippen molar-refractivity contribution in [2.45, 2.75) is 33.6 Å². The minimum atomic E-state index is 0.374. The molecule has 1 unspecified atom stereocenters. The van der Waals surface area contributed by atoms with Gasteiger partial charge < -0.3 is 5.32 Å². The first-order valence-corrected chi connectivity index (χ1v) is 7.50. The number of anilines is 1. The molecule has 0 saturated heterocycles. The third-order valence-corrected chi connectivity index (χ3v) is 3.37. The van der Waals surface area contributed by atoms with Crippen molar-refractivity contribution in [3.63, 3.8) is 0 Å². The molecule has 0 bridgehead atoms. The molecule has 0 aliphatic heterocycles. The van der Waals surface area contributed by atoms with E-state index >= 15 is 0 Å². The zero-order valence-electron chi connectivity index (χ0n) is 11.4. The van der Waals surface area contributed by atoms with Crippen LogP contribution in [0.5, 0.6) is 0 Å². The SMILES string of the molecule is CSCC(C)CNc1cc(C)nc(C(C)C)n1. The summed E-state index contributed by atoms with van der Waals surface area (Å²) >= 11 is 1.88. The van der Waals surface area contributed by atoms with Crippen LogP contribution in [0.3, 0.4) is 0 Å². The summed E-state index contributed by atoms with van der Waals surface area (Å²) in [7, 11) is 0. The van der Waals surface area contributed by atoms with Crippen LogP contribution in [0.2, 0.25) is 0 Å². The second-order valence-corrected chi connectivity index (χ2v) is 5.76. The van der Waals surface area contributed by atoms with Crippen LogP contribution in [0, 0.1) is 12.8 Å². The summed E-state index contributed by atoms with van der Waals surface area (Å²) in [6.45, 7) is 9.48. The van der Waals surface area contributed by atoms with Crippen LogP contribution in [0.1, 0.15) is 38.2 Å². The van der Waals surface area contributed by atoms with Gasteiger partial charge in [-0.05, 0) is 24.9 Å². The van der Waals surface area contributed by atoms with E-state index in [0.29, 0.717) is 11.8 Å². The summed E-state index contributed by atoms with van der Waals surface area (Å²) in [5.41, 5.74) is 1.03. The Balaban J connectivity index is 2.64. The lowest BCUT2D eigenvalue weighted by Gasteiger charge is -2.13. The Labute approximate surface area is 109 Å².